The zero-order valence-electron chi connectivity index (χ0n) is 7.67. The van der Waals surface area contributed by atoms with Crippen molar-refractivity contribution >= 4 is 0 Å². The Bertz CT molecular complexity index is 434. The van der Waals surface area contributed by atoms with E-state index in [9.17, 15) is 8.78 Å². The van der Waals surface area contributed by atoms with Gasteiger partial charge in [-0.15, -0.1) is 0 Å². The van der Waals surface area contributed by atoms with Gasteiger partial charge in [0, 0.05) is 12.0 Å². The molecule has 1 atom stereocenters. The van der Waals surface area contributed by atoms with E-state index in [4.69, 9.17) is 16.3 Å². The minimum atomic E-state index is -0.957. The Kier molecular flexibility index (Phi) is 3.33. The standard InChI is InChI=1S/C10H7F2N3/c11-9-1-6(4-13)2-10(12)8(9)3-7(15)5-14/h1-2,7H,3,15H2/t7-/m0/s1. The van der Waals surface area contributed by atoms with E-state index in [0.29, 0.717) is 0 Å². The average molecular weight is 207 g/mol. The maximum atomic E-state index is 13.2. The van der Waals surface area contributed by atoms with Gasteiger partial charge in [0.05, 0.1) is 23.7 Å². The summed E-state index contributed by atoms with van der Waals surface area (Å²) in [5.41, 5.74) is 4.89. The monoisotopic (exact) mass is 207 g/mol. The average Bonchev–Trinajstić information content (AvgIpc) is 2.22. The number of halogens is 2. The Morgan fingerprint density at radius 2 is 1.80 bits per heavy atom. The Balaban J connectivity index is 3.11. The van der Waals surface area contributed by atoms with Gasteiger partial charge in [-0.25, -0.2) is 8.78 Å². The number of nitriles is 2. The third-order valence-corrected chi connectivity index (χ3v) is 1.86. The van der Waals surface area contributed by atoms with Gasteiger partial charge in [-0.2, -0.15) is 10.5 Å². The van der Waals surface area contributed by atoms with Crippen molar-refractivity contribution in [3.63, 3.8) is 0 Å². The highest BCUT2D eigenvalue weighted by Gasteiger charge is 2.14. The maximum absolute atomic E-state index is 13.2. The molecule has 0 saturated heterocycles. The quantitative estimate of drug-likeness (QED) is 0.792. The molecule has 15 heavy (non-hydrogen) atoms. The van der Waals surface area contributed by atoms with Gasteiger partial charge >= 0.3 is 0 Å². The van der Waals surface area contributed by atoms with Gasteiger partial charge in [0.15, 0.2) is 0 Å². The molecule has 0 saturated carbocycles. The predicted molar refractivity (Wildman–Crippen MR) is 48.4 cm³/mol. The Morgan fingerprint density at radius 3 is 2.20 bits per heavy atom. The molecular weight excluding hydrogens is 200 g/mol. The summed E-state index contributed by atoms with van der Waals surface area (Å²) >= 11 is 0. The van der Waals surface area contributed by atoms with E-state index in [-0.39, 0.29) is 17.5 Å². The summed E-state index contributed by atoms with van der Waals surface area (Å²) < 4.78 is 26.5. The summed E-state index contributed by atoms with van der Waals surface area (Å²) in [5, 5.41) is 16.9. The van der Waals surface area contributed by atoms with E-state index in [1.807, 2.05) is 0 Å². The van der Waals surface area contributed by atoms with Gasteiger partial charge < -0.3 is 5.73 Å². The highest BCUT2D eigenvalue weighted by Crippen LogP contribution is 2.16. The normalized spacial score (nSPS) is 11.5. The van der Waals surface area contributed by atoms with Crippen LogP contribution in [0.1, 0.15) is 11.1 Å². The molecule has 5 heteroatoms. The second-order valence-electron chi connectivity index (χ2n) is 2.97. The van der Waals surface area contributed by atoms with Crippen LogP contribution in [0, 0.1) is 34.3 Å². The molecule has 0 spiro atoms. The fraction of sp³-hybridized carbons (Fsp3) is 0.200. The van der Waals surface area contributed by atoms with Gasteiger partial charge in [-0.1, -0.05) is 0 Å². The van der Waals surface area contributed by atoms with Gasteiger partial charge in [-0.05, 0) is 12.1 Å². The van der Waals surface area contributed by atoms with Crippen LogP contribution in [-0.2, 0) is 6.42 Å². The van der Waals surface area contributed by atoms with Crippen molar-refractivity contribution in [2.45, 2.75) is 12.5 Å². The lowest BCUT2D eigenvalue weighted by molar-refractivity contribution is 0.548. The number of rotatable bonds is 2. The summed E-state index contributed by atoms with van der Waals surface area (Å²) in [6, 6.07) is 4.18. The van der Waals surface area contributed by atoms with Crippen molar-refractivity contribution in [1.29, 1.82) is 10.5 Å². The second kappa shape index (κ2) is 4.50. The molecule has 1 rings (SSSR count). The Hall–Kier alpha value is -1.98. The lowest BCUT2D eigenvalue weighted by atomic mass is 10.0. The molecule has 76 valence electrons. The zero-order valence-corrected chi connectivity index (χ0v) is 7.67. The van der Waals surface area contributed by atoms with Crippen LogP contribution in [0.3, 0.4) is 0 Å². The number of benzene rings is 1. The molecule has 1 aromatic carbocycles. The van der Waals surface area contributed by atoms with Gasteiger partial charge in [-0.3, -0.25) is 0 Å². The van der Waals surface area contributed by atoms with E-state index in [1.165, 1.54) is 0 Å². The first-order chi connectivity index (χ1) is 7.08. The van der Waals surface area contributed by atoms with E-state index >= 15 is 0 Å². The summed E-state index contributed by atoms with van der Waals surface area (Å²) in [4.78, 5) is 0. The number of nitrogens with zero attached hydrogens (tertiary/aromatic N) is 2. The van der Waals surface area contributed by atoms with Gasteiger partial charge in [0.25, 0.3) is 0 Å². The first-order valence-electron chi connectivity index (χ1n) is 4.11. The lowest BCUT2D eigenvalue weighted by Gasteiger charge is -2.06. The highest BCUT2D eigenvalue weighted by molar-refractivity contribution is 5.34. The summed E-state index contributed by atoms with van der Waals surface area (Å²) in [6.07, 6.45) is -0.208. The molecule has 3 nitrogen and oxygen atoms in total. The van der Waals surface area contributed by atoms with E-state index in [1.54, 1.807) is 12.1 Å². The van der Waals surface area contributed by atoms with Crippen molar-refractivity contribution in [1.82, 2.24) is 0 Å². The first-order valence-corrected chi connectivity index (χ1v) is 4.11. The van der Waals surface area contributed by atoms with Crippen molar-refractivity contribution < 1.29 is 8.78 Å². The van der Waals surface area contributed by atoms with Crippen molar-refractivity contribution in [3.05, 3.63) is 34.9 Å². The molecule has 0 aliphatic carbocycles. The SMILES string of the molecule is N#Cc1cc(F)c(C[C@H](N)C#N)c(F)c1. The fourth-order valence-corrected chi connectivity index (χ4v) is 1.13. The molecule has 0 aliphatic rings. The number of hydrogen-bond donors (Lipinski definition) is 1. The van der Waals surface area contributed by atoms with Crippen molar-refractivity contribution in [3.8, 4) is 12.1 Å². The Morgan fingerprint density at radius 1 is 1.27 bits per heavy atom. The topological polar surface area (TPSA) is 73.6 Å². The first kappa shape index (κ1) is 11.1. The van der Waals surface area contributed by atoms with Crippen LogP contribution in [-0.4, -0.2) is 6.04 Å². The molecule has 0 unspecified atom stereocenters. The smallest absolute Gasteiger partial charge is 0.130 e. The van der Waals surface area contributed by atoms with E-state index in [0.717, 1.165) is 12.1 Å². The third-order valence-electron chi connectivity index (χ3n) is 1.86. The summed E-state index contributed by atoms with van der Waals surface area (Å²) in [5.74, 6) is -1.70. The summed E-state index contributed by atoms with van der Waals surface area (Å²) in [6.45, 7) is 0. The largest absolute Gasteiger partial charge is 0.316 e. The van der Waals surface area contributed by atoms with Crippen LogP contribution in [0.5, 0.6) is 0 Å². The van der Waals surface area contributed by atoms with Crippen molar-refractivity contribution in [2.75, 3.05) is 0 Å². The van der Waals surface area contributed by atoms with Crippen LogP contribution in [0.15, 0.2) is 12.1 Å². The van der Waals surface area contributed by atoms with E-state index in [2.05, 4.69) is 0 Å². The second-order valence-corrected chi connectivity index (χ2v) is 2.97. The number of hydrogen-bond acceptors (Lipinski definition) is 3. The third kappa shape index (κ3) is 2.49. The van der Waals surface area contributed by atoms with Gasteiger partial charge in [0.1, 0.15) is 11.6 Å². The number of nitrogens with two attached hydrogens (primary N) is 1. The minimum Gasteiger partial charge on any atom is -0.316 e. The van der Waals surface area contributed by atoms with Crippen LogP contribution in [0.4, 0.5) is 8.78 Å². The minimum absolute atomic E-state index is 0.0979. The molecule has 0 radical (unpaired) electrons. The summed E-state index contributed by atoms with van der Waals surface area (Å²) in [7, 11) is 0. The van der Waals surface area contributed by atoms with Crippen LogP contribution in [0.25, 0.3) is 0 Å². The molecule has 0 fully saturated rings. The Labute approximate surface area is 85.3 Å². The molecule has 0 heterocycles. The molecule has 2 N–H and O–H groups in total. The van der Waals surface area contributed by atoms with Gasteiger partial charge in [0.2, 0.25) is 0 Å². The zero-order chi connectivity index (χ0) is 11.4. The predicted octanol–water partition coefficient (Wildman–Crippen LogP) is 1.23. The van der Waals surface area contributed by atoms with Crippen LogP contribution in [0.2, 0.25) is 0 Å². The van der Waals surface area contributed by atoms with Crippen LogP contribution >= 0.6 is 0 Å². The molecule has 0 aromatic heterocycles. The molecule has 0 aliphatic heterocycles. The molecule has 0 bridgehead atoms. The molecule has 1 aromatic rings. The maximum Gasteiger partial charge on any atom is 0.130 e. The van der Waals surface area contributed by atoms with Crippen LogP contribution < -0.4 is 5.73 Å². The molecular formula is C10H7F2N3. The highest BCUT2D eigenvalue weighted by atomic mass is 19.1. The fourth-order valence-electron chi connectivity index (χ4n) is 1.13. The lowest BCUT2D eigenvalue weighted by Crippen LogP contribution is -2.21. The van der Waals surface area contributed by atoms with E-state index < -0.39 is 17.7 Å². The molecule has 0 amide bonds. The van der Waals surface area contributed by atoms with Crippen molar-refractivity contribution in [2.24, 2.45) is 5.73 Å².